The molecule has 29 heavy (non-hydrogen) atoms. The maximum absolute atomic E-state index is 5.70. The van der Waals surface area contributed by atoms with E-state index in [1.807, 2.05) is 27.7 Å². The van der Waals surface area contributed by atoms with Gasteiger partial charge in [-0.25, -0.2) is 0 Å². The topological polar surface area (TPSA) is 51.0 Å². The summed E-state index contributed by atoms with van der Waals surface area (Å²) in [6.07, 6.45) is 0.910. The molecule has 0 aliphatic carbocycles. The molecule has 0 atom stereocenters. The Morgan fingerprint density at radius 2 is 1.55 bits per heavy atom. The second kappa shape index (κ2) is 10.9. The maximum Gasteiger partial charge on any atom is 0.183 e. The summed E-state index contributed by atoms with van der Waals surface area (Å²) in [5.74, 6) is 0.945. The highest BCUT2D eigenvalue weighted by Crippen LogP contribution is 2.21. The van der Waals surface area contributed by atoms with Crippen LogP contribution < -0.4 is 0 Å². The van der Waals surface area contributed by atoms with Gasteiger partial charge in [0, 0.05) is 50.5 Å². The van der Waals surface area contributed by atoms with Crippen LogP contribution in [0.5, 0.6) is 0 Å². The molecule has 2 aromatic rings. The highest BCUT2D eigenvalue weighted by molar-refractivity contribution is 5.23. The molecule has 0 spiro atoms. The summed E-state index contributed by atoms with van der Waals surface area (Å²) < 4.78 is 16.7. The molecule has 1 saturated heterocycles. The van der Waals surface area contributed by atoms with Crippen molar-refractivity contribution in [1.82, 2.24) is 15.0 Å². The van der Waals surface area contributed by atoms with Gasteiger partial charge in [-0.05, 0) is 52.8 Å². The fourth-order valence-corrected chi connectivity index (χ4v) is 3.87. The summed E-state index contributed by atoms with van der Waals surface area (Å²) in [4.78, 5) is 5.06. The van der Waals surface area contributed by atoms with Gasteiger partial charge in [0.1, 0.15) is 5.76 Å². The molecule has 2 heterocycles. The standard InChI is InChI=1S/C23H35N3O3/c1-5-27-23(28-6-2)21-10-8-20(9-11-21)16-25-12-7-13-26(15-14-25)17-22-18(3)24-29-19(22)4/h8-11,23H,5-7,12-17H2,1-4H3. The Labute approximate surface area is 174 Å². The number of hydrogen-bond donors (Lipinski definition) is 0. The number of aryl methyl sites for hydroxylation is 2. The lowest BCUT2D eigenvalue weighted by atomic mass is 10.1. The second-order valence-corrected chi connectivity index (χ2v) is 7.69. The third-order valence-electron chi connectivity index (χ3n) is 5.54. The first-order valence-corrected chi connectivity index (χ1v) is 10.8. The van der Waals surface area contributed by atoms with Crippen LogP contribution in [0, 0.1) is 13.8 Å². The van der Waals surface area contributed by atoms with Gasteiger partial charge < -0.3 is 14.0 Å². The predicted molar refractivity (Wildman–Crippen MR) is 114 cm³/mol. The minimum Gasteiger partial charge on any atom is -0.361 e. The first-order chi connectivity index (χ1) is 14.1. The average molecular weight is 402 g/mol. The van der Waals surface area contributed by atoms with Crippen molar-refractivity contribution >= 4 is 0 Å². The quantitative estimate of drug-likeness (QED) is 0.591. The van der Waals surface area contributed by atoms with Crippen LogP contribution in [0.25, 0.3) is 0 Å². The Hall–Kier alpha value is -1.73. The molecule has 1 aromatic heterocycles. The van der Waals surface area contributed by atoms with Crippen LogP contribution in [0.3, 0.4) is 0 Å². The Morgan fingerprint density at radius 3 is 2.10 bits per heavy atom. The van der Waals surface area contributed by atoms with E-state index >= 15 is 0 Å². The number of rotatable bonds is 9. The van der Waals surface area contributed by atoms with E-state index in [0.717, 1.165) is 56.3 Å². The van der Waals surface area contributed by atoms with Crippen LogP contribution >= 0.6 is 0 Å². The van der Waals surface area contributed by atoms with Gasteiger partial charge >= 0.3 is 0 Å². The molecule has 0 saturated carbocycles. The highest BCUT2D eigenvalue weighted by Gasteiger charge is 2.19. The molecule has 0 amide bonds. The first kappa shape index (κ1) is 22.0. The van der Waals surface area contributed by atoms with Crippen LogP contribution in [-0.4, -0.2) is 54.3 Å². The van der Waals surface area contributed by atoms with Crippen molar-refractivity contribution in [3.8, 4) is 0 Å². The fourth-order valence-electron chi connectivity index (χ4n) is 3.87. The monoisotopic (exact) mass is 401 g/mol. The van der Waals surface area contributed by atoms with Crippen molar-refractivity contribution in [3.05, 3.63) is 52.4 Å². The third kappa shape index (κ3) is 6.12. The molecular weight excluding hydrogens is 366 g/mol. The van der Waals surface area contributed by atoms with Crippen molar-refractivity contribution in [3.63, 3.8) is 0 Å². The molecule has 1 aliphatic rings. The largest absolute Gasteiger partial charge is 0.361 e. The van der Waals surface area contributed by atoms with Crippen molar-refractivity contribution in [1.29, 1.82) is 0 Å². The van der Waals surface area contributed by atoms with Gasteiger partial charge in [-0.15, -0.1) is 0 Å². The molecular formula is C23H35N3O3. The lowest BCUT2D eigenvalue weighted by Gasteiger charge is -2.22. The summed E-state index contributed by atoms with van der Waals surface area (Å²) >= 11 is 0. The summed E-state index contributed by atoms with van der Waals surface area (Å²) in [6.45, 7) is 15.6. The van der Waals surface area contributed by atoms with E-state index in [-0.39, 0.29) is 6.29 Å². The minimum atomic E-state index is -0.268. The highest BCUT2D eigenvalue weighted by atomic mass is 16.7. The normalized spacial score (nSPS) is 16.4. The summed E-state index contributed by atoms with van der Waals surface area (Å²) in [5.41, 5.74) is 4.67. The van der Waals surface area contributed by atoms with Gasteiger partial charge in [-0.3, -0.25) is 9.80 Å². The molecule has 0 bridgehead atoms. The predicted octanol–water partition coefficient (Wildman–Crippen LogP) is 4.07. The van der Waals surface area contributed by atoms with E-state index in [1.54, 1.807) is 0 Å². The summed E-state index contributed by atoms with van der Waals surface area (Å²) in [7, 11) is 0. The SMILES string of the molecule is CCOC(OCC)c1ccc(CN2CCCN(Cc3c(C)noc3C)CC2)cc1. The van der Waals surface area contributed by atoms with E-state index in [0.29, 0.717) is 13.2 Å². The summed E-state index contributed by atoms with van der Waals surface area (Å²) in [6, 6.07) is 8.67. The number of nitrogens with zero attached hydrogens (tertiary/aromatic N) is 3. The lowest BCUT2D eigenvalue weighted by Crippen LogP contribution is -2.30. The van der Waals surface area contributed by atoms with Gasteiger partial charge in [0.2, 0.25) is 0 Å². The molecule has 1 aromatic carbocycles. The molecule has 0 N–H and O–H groups in total. The van der Waals surface area contributed by atoms with Gasteiger partial charge in [0.15, 0.2) is 6.29 Å². The van der Waals surface area contributed by atoms with Crippen molar-refractivity contribution in [2.75, 3.05) is 39.4 Å². The van der Waals surface area contributed by atoms with Crippen molar-refractivity contribution in [2.45, 2.75) is 53.5 Å². The average Bonchev–Trinajstić information content (AvgIpc) is 2.91. The Kier molecular flexibility index (Phi) is 8.24. The number of aromatic nitrogens is 1. The summed E-state index contributed by atoms with van der Waals surface area (Å²) in [5, 5.41) is 4.09. The van der Waals surface area contributed by atoms with Gasteiger partial charge in [0.25, 0.3) is 0 Å². The molecule has 1 aliphatic heterocycles. The smallest absolute Gasteiger partial charge is 0.183 e. The zero-order valence-corrected chi connectivity index (χ0v) is 18.3. The van der Waals surface area contributed by atoms with Crippen LogP contribution in [0.4, 0.5) is 0 Å². The third-order valence-corrected chi connectivity index (χ3v) is 5.54. The second-order valence-electron chi connectivity index (χ2n) is 7.69. The zero-order valence-electron chi connectivity index (χ0n) is 18.3. The first-order valence-electron chi connectivity index (χ1n) is 10.8. The van der Waals surface area contributed by atoms with E-state index in [1.165, 1.54) is 17.5 Å². The van der Waals surface area contributed by atoms with Gasteiger partial charge in [-0.1, -0.05) is 29.4 Å². The van der Waals surface area contributed by atoms with E-state index in [2.05, 4.69) is 39.2 Å². The van der Waals surface area contributed by atoms with Crippen LogP contribution in [-0.2, 0) is 22.6 Å². The van der Waals surface area contributed by atoms with Crippen LogP contribution in [0.2, 0.25) is 0 Å². The van der Waals surface area contributed by atoms with E-state index in [4.69, 9.17) is 14.0 Å². The van der Waals surface area contributed by atoms with Crippen LogP contribution in [0.1, 0.15) is 54.7 Å². The van der Waals surface area contributed by atoms with E-state index in [9.17, 15) is 0 Å². The molecule has 3 rings (SSSR count). The zero-order chi connectivity index (χ0) is 20.6. The minimum absolute atomic E-state index is 0.268. The van der Waals surface area contributed by atoms with Crippen molar-refractivity contribution in [2.24, 2.45) is 0 Å². The lowest BCUT2D eigenvalue weighted by molar-refractivity contribution is -0.140. The Balaban J connectivity index is 1.53. The Morgan fingerprint density at radius 1 is 0.931 bits per heavy atom. The Bertz CT molecular complexity index is 719. The molecule has 6 heteroatoms. The number of benzene rings is 1. The fraction of sp³-hybridized carbons (Fsp3) is 0.609. The number of hydrogen-bond acceptors (Lipinski definition) is 6. The molecule has 1 fully saturated rings. The van der Waals surface area contributed by atoms with Gasteiger partial charge in [-0.2, -0.15) is 0 Å². The van der Waals surface area contributed by atoms with Crippen LogP contribution in [0.15, 0.2) is 28.8 Å². The molecule has 0 unspecified atom stereocenters. The van der Waals surface area contributed by atoms with E-state index < -0.39 is 0 Å². The molecule has 160 valence electrons. The van der Waals surface area contributed by atoms with Crippen molar-refractivity contribution < 1.29 is 14.0 Å². The van der Waals surface area contributed by atoms with Gasteiger partial charge in [0.05, 0.1) is 5.69 Å². The maximum atomic E-state index is 5.70. The number of ether oxygens (including phenoxy) is 2. The molecule has 6 nitrogen and oxygen atoms in total. The molecule has 0 radical (unpaired) electrons.